The number of thiazole rings is 1. The summed E-state index contributed by atoms with van der Waals surface area (Å²) in [5.74, 6) is -0.662. The molecule has 0 saturated carbocycles. The van der Waals surface area contributed by atoms with E-state index in [2.05, 4.69) is 10.3 Å². The Morgan fingerprint density at radius 1 is 1.50 bits per heavy atom. The summed E-state index contributed by atoms with van der Waals surface area (Å²) in [5.41, 5.74) is 0.139. The number of nitrogens with zero attached hydrogens (tertiary/aromatic N) is 3. The molecule has 0 saturated heterocycles. The number of hydrogen-bond donors (Lipinski definition) is 2. The molecule has 3 rings (SSSR count). The number of benzene rings is 1. The van der Waals surface area contributed by atoms with Gasteiger partial charge in [-0.2, -0.15) is 9.38 Å². The van der Waals surface area contributed by atoms with E-state index in [1.807, 2.05) is 0 Å². The lowest BCUT2D eigenvalue weighted by Crippen LogP contribution is -2.28. The molecular weight excluding hydrogens is 335 g/mol. The number of rotatable bonds is 6. The van der Waals surface area contributed by atoms with Gasteiger partial charge < -0.3 is 20.5 Å². The van der Waals surface area contributed by atoms with Gasteiger partial charge in [-0.25, -0.2) is 4.39 Å². The maximum absolute atomic E-state index is 13.9. The normalized spacial score (nSPS) is 13.8. The number of anilines is 1. The summed E-state index contributed by atoms with van der Waals surface area (Å²) in [6.07, 6.45) is 0.832. The number of aliphatic hydroxyl groups is 1. The van der Waals surface area contributed by atoms with Crippen LogP contribution in [0.3, 0.4) is 0 Å². The summed E-state index contributed by atoms with van der Waals surface area (Å²) < 4.78 is 15.3. The average Bonchev–Trinajstić information content (AvgIpc) is 3.12. The van der Waals surface area contributed by atoms with Gasteiger partial charge >= 0.3 is 5.82 Å². The lowest BCUT2D eigenvalue weighted by Gasteiger charge is -2.23. The first-order valence-electron chi connectivity index (χ1n) is 7.32. The monoisotopic (exact) mass is 350 g/mol. The Morgan fingerprint density at radius 2 is 2.25 bits per heavy atom. The van der Waals surface area contributed by atoms with Gasteiger partial charge in [-0.15, -0.1) is 0 Å². The van der Waals surface area contributed by atoms with Crippen molar-refractivity contribution in [1.29, 1.82) is 0 Å². The smallest absolute Gasteiger partial charge is 0.372 e. The van der Waals surface area contributed by atoms with Gasteiger partial charge in [-0.1, -0.05) is 36.5 Å². The molecule has 2 atom stereocenters. The van der Waals surface area contributed by atoms with E-state index >= 15 is 0 Å². The van der Waals surface area contributed by atoms with Gasteiger partial charge in [0, 0.05) is 10.9 Å². The molecule has 126 valence electrons. The Labute approximate surface area is 140 Å². The molecule has 2 unspecified atom stereocenters. The summed E-state index contributed by atoms with van der Waals surface area (Å²) in [6, 6.07) is 5.30. The Bertz CT molecular complexity index is 879. The fraction of sp³-hybridized carbons (Fsp3) is 0.267. The van der Waals surface area contributed by atoms with Crippen LogP contribution in [0, 0.1) is 15.9 Å². The second-order valence-electron chi connectivity index (χ2n) is 5.22. The first-order chi connectivity index (χ1) is 11.5. The number of hydrogen-bond acceptors (Lipinski definition) is 6. The minimum Gasteiger partial charge on any atom is -0.386 e. The maximum atomic E-state index is 13.9. The van der Waals surface area contributed by atoms with Crippen molar-refractivity contribution in [1.82, 2.24) is 9.38 Å². The predicted octanol–water partition coefficient (Wildman–Crippen LogP) is 3.37. The zero-order valence-corrected chi connectivity index (χ0v) is 13.5. The largest absolute Gasteiger partial charge is 0.386 e. The fourth-order valence-electron chi connectivity index (χ4n) is 2.56. The molecule has 0 amide bonds. The van der Waals surface area contributed by atoms with Crippen LogP contribution in [0.15, 0.2) is 35.8 Å². The van der Waals surface area contributed by atoms with Crippen molar-refractivity contribution >= 4 is 27.9 Å². The van der Waals surface area contributed by atoms with Crippen LogP contribution in [-0.2, 0) is 0 Å². The zero-order valence-electron chi connectivity index (χ0n) is 12.7. The van der Waals surface area contributed by atoms with Crippen molar-refractivity contribution in [3.8, 4) is 0 Å². The second kappa shape index (κ2) is 6.54. The minimum atomic E-state index is -1.16. The zero-order chi connectivity index (χ0) is 17.3. The highest BCUT2D eigenvalue weighted by molar-refractivity contribution is 7.15. The van der Waals surface area contributed by atoms with Gasteiger partial charge in [0.05, 0.1) is 6.04 Å². The summed E-state index contributed by atoms with van der Waals surface area (Å²) in [6.45, 7) is 1.80. The van der Waals surface area contributed by atoms with E-state index in [1.165, 1.54) is 33.9 Å². The second-order valence-corrected chi connectivity index (χ2v) is 6.10. The first kappa shape index (κ1) is 16.3. The van der Waals surface area contributed by atoms with Crippen molar-refractivity contribution in [2.24, 2.45) is 0 Å². The third-order valence-electron chi connectivity index (χ3n) is 3.78. The highest BCUT2D eigenvalue weighted by Gasteiger charge is 2.29. The van der Waals surface area contributed by atoms with E-state index in [-0.39, 0.29) is 17.2 Å². The Balaban J connectivity index is 1.93. The summed E-state index contributed by atoms with van der Waals surface area (Å²) >= 11 is 1.27. The molecule has 24 heavy (non-hydrogen) atoms. The summed E-state index contributed by atoms with van der Waals surface area (Å²) in [4.78, 5) is 15.5. The van der Waals surface area contributed by atoms with Crippen molar-refractivity contribution in [2.45, 2.75) is 25.5 Å². The van der Waals surface area contributed by atoms with Crippen LogP contribution in [0.2, 0.25) is 0 Å². The van der Waals surface area contributed by atoms with Crippen LogP contribution in [-0.4, -0.2) is 25.5 Å². The van der Waals surface area contributed by atoms with E-state index in [9.17, 15) is 19.6 Å². The molecule has 2 N–H and O–H groups in total. The maximum Gasteiger partial charge on any atom is 0.372 e. The first-order valence-corrected chi connectivity index (χ1v) is 8.19. The van der Waals surface area contributed by atoms with Crippen LogP contribution in [0.5, 0.6) is 0 Å². The van der Waals surface area contributed by atoms with Gasteiger partial charge in [-0.05, 0) is 17.4 Å². The molecule has 0 aliphatic carbocycles. The number of fused-ring (bicyclic) bond motifs is 1. The van der Waals surface area contributed by atoms with Crippen molar-refractivity contribution < 1.29 is 14.4 Å². The molecule has 3 aromatic rings. The highest BCUT2D eigenvalue weighted by Crippen LogP contribution is 2.31. The number of nitro groups is 1. The molecular formula is C15H15FN4O3S. The van der Waals surface area contributed by atoms with Crippen LogP contribution in [0.1, 0.15) is 25.0 Å². The Morgan fingerprint density at radius 3 is 2.92 bits per heavy atom. The third-order valence-corrected chi connectivity index (χ3v) is 4.53. The van der Waals surface area contributed by atoms with Crippen LogP contribution < -0.4 is 5.32 Å². The van der Waals surface area contributed by atoms with E-state index in [0.717, 1.165) is 0 Å². The number of imidazole rings is 1. The molecule has 0 fully saturated rings. The Hall–Kier alpha value is -2.52. The van der Waals surface area contributed by atoms with Gasteiger partial charge in [0.1, 0.15) is 18.1 Å². The third kappa shape index (κ3) is 2.83. The standard InChI is InChI=1S/C15H15FN4O3S/c1-2-11(12(21)9-5-3-4-6-10(9)16)17-13-14(20(22)23)19-7-8-24-15(19)18-13/h3-8,11-12,17,21H,2H2,1H3. The number of halogens is 1. The number of nitrogens with one attached hydrogen (secondary N) is 1. The highest BCUT2D eigenvalue weighted by atomic mass is 32.1. The molecule has 1 aromatic carbocycles. The van der Waals surface area contributed by atoms with Crippen molar-refractivity contribution in [3.63, 3.8) is 0 Å². The summed E-state index contributed by atoms with van der Waals surface area (Å²) in [7, 11) is 0. The fourth-order valence-corrected chi connectivity index (χ4v) is 3.27. The number of aliphatic hydroxyl groups excluding tert-OH is 1. The molecule has 2 heterocycles. The van der Waals surface area contributed by atoms with E-state index in [4.69, 9.17) is 0 Å². The molecule has 9 heteroatoms. The average molecular weight is 350 g/mol. The summed E-state index contributed by atoms with van der Waals surface area (Å²) in [5, 5.41) is 26.4. The molecule has 7 nitrogen and oxygen atoms in total. The molecule has 0 spiro atoms. The van der Waals surface area contributed by atoms with E-state index in [1.54, 1.807) is 24.6 Å². The molecule has 0 bridgehead atoms. The van der Waals surface area contributed by atoms with Gasteiger partial charge in [0.25, 0.3) is 4.96 Å². The lowest BCUT2D eigenvalue weighted by atomic mass is 10.00. The van der Waals surface area contributed by atoms with Gasteiger partial charge in [-0.3, -0.25) is 0 Å². The molecule has 0 radical (unpaired) electrons. The molecule has 2 aromatic heterocycles. The lowest BCUT2D eigenvalue weighted by molar-refractivity contribution is -0.389. The van der Waals surface area contributed by atoms with Crippen LogP contribution >= 0.6 is 11.3 Å². The predicted molar refractivity (Wildman–Crippen MR) is 88.8 cm³/mol. The van der Waals surface area contributed by atoms with Crippen LogP contribution in [0.4, 0.5) is 16.0 Å². The minimum absolute atomic E-state index is 0.0640. The van der Waals surface area contributed by atoms with E-state index < -0.39 is 22.9 Å². The molecule has 0 aliphatic heterocycles. The van der Waals surface area contributed by atoms with E-state index in [0.29, 0.717) is 11.4 Å². The van der Waals surface area contributed by atoms with Crippen molar-refractivity contribution in [2.75, 3.05) is 5.32 Å². The SMILES string of the molecule is CCC(Nc1nc2sccn2c1[N+](=O)[O-])C(O)c1ccccc1F. The quantitative estimate of drug-likeness (QED) is 0.525. The van der Waals surface area contributed by atoms with Crippen LogP contribution in [0.25, 0.3) is 4.96 Å². The van der Waals surface area contributed by atoms with Gasteiger partial charge in [0.15, 0.2) is 0 Å². The van der Waals surface area contributed by atoms with Gasteiger partial charge in [0.2, 0.25) is 5.82 Å². The topological polar surface area (TPSA) is 92.7 Å². The number of aromatic nitrogens is 2. The van der Waals surface area contributed by atoms with Crippen molar-refractivity contribution in [3.05, 3.63) is 57.3 Å². The molecule has 0 aliphatic rings. The Kier molecular flexibility index (Phi) is 4.45.